The van der Waals surface area contributed by atoms with E-state index in [0.717, 1.165) is 11.3 Å². The van der Waals surface area contributed by atoms with E-state index in [4.69, 9.17) is 4.43 Å². The lowest BCUT2D eigenvalue weighted by Gasteiger charge is -2.44. The Morgan fingerprint density at radius 2 is 1.56 bits per heavy atom. The molecule has 1 aliphatic heterocycles. The van der Waals surface area contributed by atoms with Crippen molar-refractivity contribution in [2.75, 3.05) is 18.6 Å². The van der Waals surface area contributed by atoms with E-state index in [2.05, 4.69) is 88.5 Å². The number of carbonyl (C=O) groups is 2. The van der Waals surface area contributed by atoms with E-state index in [1.54, 1.807) is 6.92 Å². The van der Waals surface area contributed by atoms with Gasteiger partial charge in [0.25, 0.3) is 8.32 Å². The lowest BCUT2D eigenvalue weighted by Crippen LogP contribution is -2.67. The molecule has 0 aliphatic carbocycles. The van der Waals surface area contributed by atoms with Gasteiger partial charge >= 0.3 is 0 Å². The Morgan fingerprint density at radius 1 is 1.00 bits per heavy atom. The minimum Gasteiger partial charge on any atom is -0.405 e. The van der Waals surface area contributed by atoms with Gasteiger partial charge in [-0.15, -0.1) is 0 Å². The second-order valence-electron chi connectivity index (χ2n) is 12.1. The molecule has 5 nitrogen and oxygen atoms in total. The topological polar surface area (TPSA) is 58.6 Å². The first-order valence-corrected chi connectivity index (χ1v) is 15.8. The third kappa shape index (κ3) is 5.73. The number of nitrogens with one attached hydrogen (secondary N) is 1. The van der Waals surface area contributed by atoms with Gasteiger partial charge in [-0.3, -0.25) is 9.59 Å². The van der Waals surface area contributed by atoms with Gasteiger partial charge in [0.05, 0.1) is 12.6 Å². The number of likely N-dealkylation sites (N-methyl/N-ethyl adjacent to an activating group) is 1. The second kappa shape index (κ2) is 11.5. The van der Waals surface area contributed by atoms with Crippen LogP contribution in [0.2, 0.25) is 5.04 Å². The van der Waals surface area contributed by atoms with E-state index in [-0.39, 0.29) is 34.7 Å². The summed E-state index contributed by atoms with van der Waals surface area (Å²) in [6.45, 7) is 12.9. The third-order valence-electron chi connectivity index (χ3n) is 7.92. The summed E-state index contributed by atoms with van der Waals surface area (Å²) in [4.78, 5) is 27.9. The molecule has 206 valence electrons. The fourth-order valence-electron chi connectivity index (χ4n) is 6.05. The van der Waals surface area contributed by atoms with Crippen molar-refractivity contribution in [1.29, 1.82) is 0 Å². The molecule has 3 aromatic carbocycles. The summed E-state index contributed by atoms with van der Waals surface area (Å²) in [6.07, 6.45) is 0.618. The van der Waals surface area contributed by atoms with Crippen LogP contribution in [0.25, 0.3) is 0 Å². The van der Waals surface area contributed by atoms with Gasteiger partial charge in [0.2, 0.25) is 5.91 Å². The molecule has 0 bridgehead atoms. The molecule has 0 aromatic heterocycles. The van der Waals surface area contributed by atoms with Crippen molar-refractivity contribution in [1.82, 2.24) is 5.32 Å². The number of ketones is 1. The fourth-order valence-corrected chi connectivity index (χ4v) is 10.7. The Balaban J connectivity index is 1.77. The maximum absolute atomic E-state index is 13.7. The van der Waals surface area contributed by atoms with Crippen molar-refractivity contribution in [3.63, 3.8) is 0 Å². The zero-order chi connectivity index (χ0) is 28.4. The van der Waals surface area contributed by atoms with Gasteiger partial charge in [-0.1, -0.05) is 107 Å². The normalized spacial score (nSPS) is 18.3. The van der Waals surface area contributed by atoms with Crippen molar-refractivity contribution in [3.8, 4) is 0 Å². The Bertz CT molecular complexity index is 1260. The van der Waals surface area contributed by atoms with Gasteiger partial charge in [-0.2, -0.15) is 0 Å². The quantitative estimate of drug-likeness (QED) is 0.338. The number of fused-ring (bicyclic) bond motifs is 1. The maximum atomic E-state index is 13.7. The number of rotatable bonds is 7. The SMILES string of the molecule is CC(=O)c1ccc2c(c1)N(C)[C@@H](C(C)C)C(=O)N[C@H](CO[Si](c1ccccc1)(c1ccccc1)C(C)(C)C)C2. The first-order chi connectivity index (χ1) is 18.5. The highest BCUT2D eigenvalue weighted by Gasteiger charge is 2.50. The molecule has 0 spiro atoms. The predicted molar refractivity (Wildman–Crippen MR) is 163 cm³/mol. The number of anilines is 1. The van der Waals surface area contributed by atoms with Crippen molar-refractivity contribution in [2.24, 2.45) is 5.92 Å². The monoisotopic (exact) mass is 542 g/mol. The number of nitrogens with zero attached hydrogens (tertiary/aromatic N) is 1. The van der Waals surface area contributed by atoms with Crippen LogP contribution in [-0.2, 0) is 15.6 Å². The van der Waals surface area contributed by atoms with Crippen molar-refractivity contribution < 1.29 is 14.0 Å². The van der Waals surface area contributed by atoms with Gasteiger partial charge in [0, 0.05) is 18.3 Å². The zero-order valence-corrected chi connectivity index (χ0v) is 25.3. The van der Waals surface area contributed by atoms with Crippen LogP contribution in [0, 0.1) is 5.92 Å². The first kappa shape index (κ1) is 28.8. The highest BCUT2D eigenvalue weighted by atomic mass is 28.4. The number of Topliss-reactive ketones (excluding diaryl/α,β-unsaturated/α-hetero) is 1. The number of benzene rings is 3. The minimum absolute atomic E-state index is 0.0116. The van der Waals surface area contributed by atoms with Crippen LogP contribution in [0.15, 0.2) is 78.9 Å². The largest absolute Gasteiger partial charge is 0.405 e. The molecular formula is C33H42N2O3Si. The molecule has 3 aromatic rings. The number of amides is 1. The lowest BCUT2D eigenvalue weighted by atomic mass is 9.94. The average Bonchev–Trinajstić information content (AvgIpc) is 2.88. The summed E-state index contributed by atoms with van der Waals surface area (Å²) >= 11 is 0. The summed E-state index contributed by atoms with van der Waals surface area (Å²) in [5.74, 6) is 0.0907. The smallest absolute Gasteiger partial charge is 0.261 e. The lowest BCUT2D eigenvalue weighted by molar-refractivity contribution is -0.124. The molecule has 39 heavy (non-hydrogen) atoms. The summed E-state index contributed by atoms with van der Waals surface area (Å²) in [5, 5.41) is 5.61. The number of hydrogen-bond acceptors (Lipinski definition) is 4. The molecule has 4 rings (SSSR count). The van der Waals surface area contributed by atoms with Crippen LogP contribution < -0.4 is 20.6 Å². The van der Waals surface area contributed by atoms with E-state index in [1.807, 2.05) is 42.3 Å². The maximum Gasteiger partial charge on any atom is 0.261 e. The summed E-state index contributed by atoms with van der Waals surface area (Å²) in [6, 6.07) is 26.4. The molecular weight excluding hydrogens is 500 g/mol. The standard InChI is InChI=1S/C33H42N2O3Si/c1-23(2)31-32(37)34-27(20-26-19-18-25(24(3)36)21-30(26)35(31)7)22-38-39(33(4,5)6,28-14-10-8-11-15-28)29-16-12-9-13-17-29/h8-19,21,23,27,31H,20,22H2,1-7H3,(H,34,37)/t27-,31-/m0/s1. The minimum atomic E-state index is -2.76. The molecule has 1 N–H and O–H groups in total. The molecule has 6 heteroatoms. The second-order valence-corrected chi connectivity index (χ2v) is 16.4. The van der Waals surface area contributed by atoms with Crippen LogP contribution in [0.3, 0.4) is 0 Å². The van der Waals surface area contributed by atoms with E-state index >= 15 is 0 Å². The molecule has 1 heterocycles. The molecule has 2 atom stereocenters. The molecule has 0 saturated carbocycles. The molecule has 0 radical (unpaired) electrons. The fraction of sp³-hybridized carbons (Fsp3) is 0.394. The average molecular weight is 543 g/mol. The Kier molecular flexibility index (Phi) is 8.47. The van der Waals surface area contributed by atoms with Crippen molar-refractivity contribution >= 4 is 36.1 Å². The van der Waals surface area contributed by atoms with Gasteiger partial charge in [0.1, 0.15) is 6.04 Å². The highest BCUT2D eigenvalue weighted by Crippen LogP contribution is 2.37. The van der Waals surface area contributed by atoms with Crippen molar-refractivity contribution in [2.45, 2.75) is 65.1 Å². The van der Waals surface area contributed by atoms with Crippen LogP contribution in [0.4, 0.5) is 5.69 Å². The predicted octanol–water partition coefficient (Wildman–Crippen LogP) is 4.97. The molecule has 1 aliphatic rings. The van der Waals surface area contributed by atoms with Crippen LogP contribution in [-0.4, -0.2) is 45.7 Å². The molecule has 0 unspecified atom stereocenters. The van der Waals surface area contributed by atoms with Gasteiger partial charge in [0.15, 0.2) is 5.78 Å². The summed E-state index contributed by atoms with van der Waals surface area (Å²) in [5.41, 5.74) is 2.69. The van der Waals surface area contributed by atoms with E-state index in [0.29, 0.717) is 18.6 Å². The highest BCUT2D eigenvalue weighted by molar-refractivity contribution is 6.99. The van der Waals surface area contributed by atoms with E-state index in [1.165, 1.54) is 10.4 Å². The van der Waals surface area contributed by atoms with Gasteiger partial charge < -0.3 is 14.6 Å². The van der Waals surface area contributed by atoms with E-state index in [9.17, 15) is 9.59 Å². The Hall–Kier alpha value is -3.22. The third-order valence-corrected chi connectivity index (χ3v) is 12.9. The summed E-state index contributed by atoms with van der Waals surface area (Å²) < 4.78 is 7.21. The van der Waals surface area contributed by atoms with Gasteiger partial charge in [-0.25, -0.2) is 0 Å². The van der Waals surface area contributed by atoms with Gasteiger partial charge in [-0.05, 0) is 46.3 Å². The Morgan fingerprint density at radius 3 is 2.05 bits per heavy atom. The van der Waals surface area contributed by atoms with E-state index < -0.39 is 8.32 Å². The zero-order valence-electron chi connectivity index (χ0n) is 24.3. The van der Waals surface area contributed by atoms with Crippen LogP contribution >= 0.6 is 0 Å². The number of hydrogen-bond donors (Lipinski definition) is 1. The molecule has 0 saturated heterocycles. The first-order valence-electron chi connectivity index (χ1n) is 13.9. The van der Waals surface area contributed by atoms with Crippen LogP contribution in [0.5, 0.6) is 0 Å². The van der Waals surface area contributed by atoms with Crippen LogP contribution in [0.1, 0.15) is 57.5 Å². The Labute approximate surface area is 234 Å². The van der Waals surface area contributed by atoms with Crippen molar-refractivity contribution in [3.05, 3.63) is 90.0 Å². The molecule has 1 amide bonds. The molecule has 0 fully saturated rings. The summed E-state index contributed by atoms with van der Waals surface area (Å²) in [7, 11) is -0.808. The number of carbonyl (C=O) groups excluding carboxylic acids is 2.